The molecule has 114 valence electrons. The highest BCUT2D eigenvalue weighted by Crippen LogP contribution is 2.18. The zero-order valence-corrected chi connectivity index (χ0v) is 13.8. The molecule has 0 spiro atoms. The van der Waals surface area contributed by atoms with Crippen LogP contribution in [0.25, 0.3) is 0 Å². The van der Waals surface area contributed by atoms with Gasteiger partial charge in [0, 0.05) is 12.1 Å². The molecule has 0 aliphatic carbocycles. The highest BCUT2D eigenvalue weighted by molar-refractivity contribution is 7.98. The maximum absolute atomic E-state index is 13.5. The molecule has 2 unspecified atom stereocenters. The summed E-state index contributed by atoms with van der Waals surface area (Å²) in [5.41, 5.74) is 7.72. The van der Waals surface area contributed by atoms with E-state index in [4.69, 9.17) is 5.73 Å². The summed E-state index contributed by atoms with van der Waals surface area (Å²) in [5, 5.41) is 0. The summed E-state index contributed by atoms with van der Waals surface area (Å²) in [4.78, 5) is 2.33. The Morgan fingerprint density at radius 3 is 2.65 bits per heavy atom. The Bertz CT molecular complexity index is 411. The number of thioether (sulfide) groups is 1. The van der Waals surface area contributed by atoms with Crippen LogP contribution in [0.4, 0.5) is 4.39 Å². The first-order chi connectivity index (χ1) is 9.45. The lowest BCUT2D eigenvalue weighted by Gasteiger charge is -2.26. The molecule has 1 aromatic carbocycles. The SMILES string of the molecule is CSCCC(C)N(C)CCC(N)c1ccc(C)c(F)c1. The smallest absolute Gasteiger partial charge is 0.126 e. The number of halogens is 1. The molecule has 0 aromatic heterocycles. The van der Waals surface area contributed by atoms with Crippen molar-refractivity contribution in [3.8, 4) is 0 Å². The van der Waals surface area contributed by atoms with E-state index in [2.05, 4.69) is 25.1 Å². The van der Waals surface area contributed by atoms with Gasteiger partial charge in [-0.3, -0.25) is 0 Å². The average molecular weight is 298 g/mol. The summed E-state index contributed by atoms with van der Waals surface area (Å²) in [5.74, 6) is 1.01. The summed E-state index contributed by atoms with van der Waals surface area (Å²) < 4.78 is 13.5. The Balaban J connectivity index is 2.45. The van der Waals surface area contributed by atoms with Gasteiger partial charge >= 0.3 is 0 Å². The largest absolute Gasteiger partial charge is 0.324 e. The fourth-order valence-corrected chi connectivity index (χ4v) is 2.66. The van der Waals surface area contributed by atoms with Crippen molar-refractivity contribution < 1.29 is 4.39 Å². The third kappa shape index (κ3) is 5.43. The van der Waals surface area contributed by atoms with Crippen LogP contribution in [0.2, 0.25) is 0 Å². The van der Waals surface area contributed by atoms with Crippen molar-refractivity contribution >= 4 is 11.8 Å². The third-order valence-corrected chi connectivity index (χ3v) is 4.55. The van der Waals surface area contributed by atoms with Gasteiger partial charge in [0.05, 0.1) is 0 Å². The molecule has 2 nitrogen and oxygen atoms in total. The monoisotopic (exact) mass is 298 g/mol. The number of benzene rings is 1. The third-order valence-electron chi connectivity index (χ3n) is 3.91. The predicted octanol–water partition coefficient (Wildman–Crippen LogP) is 3.60. The molecule has 2 N–H and O–H groups in total. The van der Waals surface area contributed by atoms with E-state index in [1.807, 2.05) is 17.8 Å². The van der Waals surface area contributed by atoms with E-state index in [9.17, 15) is 4.39 Å². The van der Waals surface area contributed by atoms with Gasteiger partial charge in [-0.15, -0.1) is 0 Å². The predicted molar refractivity (Wildman–Crippen MR) is 87.8 cm³/mol. The van der Waals surface area contributed by atoms with Crippen molar-refractivity contribution in [3.05, 3.63) is 35.1 Å². The Labute approximate surface area is 126 Å². The van der Waals surface area contributed by atoms with Crippen molar-refractivity contribution in [2.45, 2.75) is 38.8 Å². The van der Waals surface area contributed by atoms with Crippen LogP contribution in [0.1, 0.15) is 36.9 Å². The second-order valence-corrected chi connectivity index (χ2v) is 6.50. The van der Waals surface area contributed by atoms with E-state index in [1.165, 1.54) is 12.2 Å². The van der Waals surface area contributed by atoms with E-state index < -0.39 is 0 Å². The van der Waals surface area contributed by atoms with Crippen LogP contribution in [-0.2, 0) is 0 Å². The maximum Gasteiger partial charge on any atom is 0.126 e. The lowest BCUT2D eigenvalue weighted by Crippen LogP contribution is -2.32. The molecule has 0 bridgehead atoms. The molecule has 1 rings (SSSR count). The first kappa shape index (κ1) is 17.5. The molecular formula is C16H27FN2S. The molecule has 0 heterocycles. The molecule has 0 saturated heterocycles. The van der Waals surface area contributed by atoms with Gasteiger partial charge in [-0.25, -0.2) is 4.39 Å². The Hall–Kier alpha value is -0.580. The first-order valence-corrected chi connectivity index (χ1v) is 8.56. The van der Waals surface area contributed by atoms with E-state index >= 15 is 0 Å². The van der Waals surface area contributed by atoms with Gasteiger partial charge in [0.1, 0.15) is 5.82 Å². The van der Waals surface area contributed by atoms with E-state index in [0.717, 1.165) is 18.5 Å². The van der Waals surface area contributed by atoms with Crippen LogP contribution < -0.4 is 5.73 Å². The van der Waals surface area contributed by atoms with E-state index in [-0.39, 0.29) is 11.9 Å². The highest BCUT2D eigenvalue weighted by atomic mass is 32.2. The summed E-state index contributed by atoms with van der Waals surface area (Å²) in [6.07, 6.45) is 4.17. The molecule has 1 aromatic rings. The van der Waals surface area contributed by atoms with Crippen LogP contribution in [0, 0.1) is 12.7 Å². The Kier molecular flexibility index (Phi) is 7.56. The molecule has 2 atom stereocenters. The molecule has 4 heteroatoms. The maximum atomic E-state index is 13.5. The molecular weight excluding hydrogens is 271 g/mol. The number of rotatable bonds is 8. The summed E-state index contributed by atoms with van der Waals surface area (Å²) >= 11 is 1.88. The molecule has 0 saturated carbocycles. The van der Waals surface area contributed by atoms with Crippen LogP contribution in [0.15, 0.2) is 18.2 Å². The van der Waals surface area contributed by atoms with Gasteiger partial charge in [-0.2, -0.15) is 11.8 Å². The fraction of sp³-hybridized carbons (Fsp3) is 0.625. The topological polar surface area (TPSA) is 29.3 Å². The molecule has 0 aliphatic rings. The van der Waals surface area contributed by atoms with Gasteiger partial charge < -0.3 is 10.6 Å². The zero-order chi connectivity index (χ0) is 15.1. The quantitative estimate of drug-likeness (QED) is 0.795. The first-order valence-electron chi connectivity index (χ1n) is 7.16. The van der Waals surface area contributed by atoms with Crippen LogP contribution in [0.3, 0.4) is 0 Å². The Morgan fingerprint density at radius 2 is 2.05 bits per heavy atom. The summed E-state index contributed by atoms with van der Waals surface area (Å²) in [7, 11) is 2.13. The highest BCUT2D eigenvalue weighted by Gasteiger charge is 2.12. The molecule has 0 aliphatic heterocycles. The van der Waals surface area contributed by atoms with E-state index in [0.29, 0.717) is 11.6 Å². The molecule has 0 fully saturated rings. The molecule has 20 heavy (non-hydrogen) atoms. The molecule has 0 radical (unpaired) electrons. The van der Waals surface area contributed by atoms with Gasteiger partial charge in [0.25, 0.3) is 0 Å². The van der Waals surface area contributed by atoms with Crippen LogP contribution in [0.5, 0.6) is 0 Å². The molecule has 0 amide bonds. The number of nitrogens with zero attached hydrogens (tertiary/aromatic N) is 1. The van der Waals surface area contributed by atoms with Gasteiger partial charge in [0.15, 0.2) is 0 Å². The van der Waals surface area contributed by atoms with Crippen molar-refractivity contribution in [1.29, 1.82) is 0 Å². The second kappa shape index (κ2) is 8.65. The minimum absolute atomic E-state index is 0.0969. The number of hydrogen-bond acceptors (Lipinski definition) is 3. The van der Waals surface area contributed by atoms with E-state index in [1.54, 1.807) is 19.1 Å². The lowest BCUT2D eigenvalue weighted by molar-refractivity contribution is 0.244. The Morgan fingerprint density at radius 1 is 1.35 bits per heavy atom. The number of hydrogen-bond donors (Lipinski definition) is 1. The minimum Gasteiger partial charge on any atom is -0.324 e. The lowest BCUT2D eigenvalue weighted by atomic mass is 10.0. The van der Waals surface area contributed by atoms with Gasteiger partial charge in [0.2, 0.25) is 0 Å². The zero-order valence-electron chi connectivity index (χ0n) is 13.0. The summed E-state index contributed by atoms with van der Waals surface area (Å²) in [6, 6.07) is 5.76. The van der Waals surface area contributed by atoms with Crippen LogP contribution in [-0.4, -0.2) is 36.5 Å². The number of aryl methyl sites for hydroxylation is 1. The van der Waals surface area contributed by atoms with Crippen LogP contribution >= 0.6 is 11.8 Å². The summed E-state index contributed by atoms with van der Waals surface area (Å²) in [6.45, 7) is 4.95. The van der Waals surface area contributed by atoms with Crippen molar-refractivity contribution in [2.75, 3.05) is 25.6 Å². The van der Waals surface area contributed by atoms with Gasteiger partial charge in [-0.1, -0.05) is 12.1 Å². The standard InChI is InChI=1S/C16H27FN2S/c1-12-5-6-14(11-15(12)17)16(18)7-9-19(3)13(2)8-10-20-4/h5-6,11,13,16H,7-10,18H2,1-4H3. The normalized spacial score (nSPS) is 14.6. The second-order valence-electron chi connectivity index (χ2n) is 5.51. The fourth-order valence-electron chi connectivity index (χ4n) is 2.08. The number of nitrogens with two attached hydrogens (primary N) is 1. The van der Waals surface area contributed by atoms with Crippen molar-refractivity contribution in [2.24, 2.45) is 5.73 Å². The van der Waals surface area contributed by atoms with Crippen molar-refractivity contribution in [1.82, 2.24) is 4.90 Å². The van der Waals surface area contributed by atoms with Crippen molar-refractivity contribution in [3.63, 3.8) is 0 Å². The minimum atomic E-state index is -0.167. The van der Waals surface area contributed by atoms with Gasteiger partial charge in [-0.05, 0) is 69.5 Å². The average Bonchev–Trinajstić information content (AvgIpc) is 2.44.